The number of piperazine rings is 1. The zero-order valence-electron chi connectivity index (χ0n) is 12.2. The second kappa shape index (κ2) is 5.26. The highest BCUT2D eigenvalue weighted by Crippen LogP contribution is 2.38. The predicted octanol–water partition coefficient (Wildman–Crippen LogP) is -1.28. The van der Waals surface area contributed by atoms with Crippen LogP contribution in [0.25, 0.3) is 0 Å². The molecule has 1 spiro atoms. The minimum Gasteiger partial charge on any atom is -0.396 e. The molecule has 3 rings (SSSR count). The van der Waals surface area contributed by atoms with Gasteiger partial charge in [-0.25, -0.2) is 0 Å². The van der Waals surface area contributed by atoms with E-state index in [-0.39, 0.29) is 24.2 Å². The predicted molar refractivity (Wildman–Crippen MR) is 74.2 cm³/mol. The van der Waals surface area contributed by atoms with Crippen molar-refractivity contribution in [1.82, 2.24) is 14.7 Å². The number of carbonyl (C=O) groups excluding carboxylic acids is 1. The summed E-state index contributed by atoms with van der Waals surface area (Å²) in [6, 6.07) is 0.395. The molecule has 3 saturated heterocycles. The summed E-state index contributed by atoms with van der Waals surface area (Å²) in [6.07, 6.45) is 1.39. The quantitative estimate of drug-likeness (QED) is 0.675. The van der Waals surface area contributed by atoms with Crippen molar-refractivity contribution in [3.05, 3.63) is 0 Å². The molecule has 0 radical (unpaired) electrons. The smallest absolute Gasteiger partial charge is 0.219 e. The molecule has 3 fully saturated rings. The molecule has 0 aromatic carbocycles. The third-order valence-electron chi connectivity index (χ3n) is 5.04. The fourth-order valence-corrected chi connectivity index (χ4v) is 4.15. The Labute approximate surface area is 119 Å². The summed E-state index contributed by atoms with van der Waals surface area (Å²) in [4.78, 5) is 18.2. The van der Waals surface area contributed by atoms with Crippen molar-refractivity contribution in [3.8, 4) is 0 Å². The van der Waals surface area contributed by atoms with Crippen molar-refractivity contribution in [2.75, 3.05) is 45.9 Å². The lowest BCUT2D eigenvalue weighted by Crippen LogP contribution is -2.78. The molecular formula is C14H25N3O3. The van der Waals surface area contributed by atoms with Gasteiger partial charge in [-0.15, -0.1) is 0 Å². The Morgan fingerprint density at radius 3 is 2.70 bits per heavy atom. The molecule has 114 valence electrons. The van der Waals surface area contributed by atoms with Crippen LogP contribution >= 0.6 is 0 Å². The minimum atomic E-state index is -0.235. The number of nitrogens with zero attached hydrogens (tertiary/aromatic N) is 3. The average molecular weight is 283 g/mol. The number of rotatable bonds is 3. The zero-order chi connectivity index (χ0) is 14.3. The van der Waals surface area contributed by atoms with Crippen LogP contribution in [-0.4, -0.2) is 94.4 Å². The molecular weight excluding hydrogens is 258 g/mol. The first-order chi connectivity index (χ1) is 9.54. The van der Waals surface area contributed by atoms with Gasteiger partial charge in [0.2, 0.25) is 5.91 Å². The van der Waals surface area contributed by atoms with E-state index in [9.17, 15) is 9.90 Å². The Morgan fingerprint density at radius 2 is 2.05 bits per heavy atom. The van der Waals surface area contributed by atoms with Gasteiger partial charge >= 0.3 is 0 Å². The van der Waals surface area contributed by atoms with E-state index >= 15 is 0 Å². The molecule has 3 aliphatic rings. The number of β-amino-alcohol motifs (C(OH)–C–C–N with tert-alkyl or cyclic N) is 1. The van der Waals surface area contributed by atoms with Crippen LogP contribution in [0.15, 0.2) is 0 Å². The first-order valence-electron chi connectivity index (χ1n) is 7.57. The standard InChI is InChI=1S/C14H25N3O3/c1-11(19)16-9-14(10-16)8-15(3-2-4-18)6-12-5-13(20)7-17(12)14/h12-13,18,20H,2-10H2,1H3/t12-,13+/m0/s1. The third kappa shape index (κ3) is 2.35. The number of hydrogen-bond acceptors (Lipinski definition) is 5. The van der Waals surface area contributed by atoms with Gasteiger partial charge in [-0.1, -0.05) is 0 Å². The minimum absolute atomic E-state index is 0.0293. The van der Waals surface area contributed by atoms with Crippen LogP contribution in [-0.2, 0) is 4.79 Å². The highest BCUT2D eigenvalue weighted by Gasteiger charge is 2.56. The van der Waals surface area contributed by atoms with Crippen LogP contribution in [0.1, 0.15) is 19.8 Å². The topological polar surface area (TPSA) is 67.2 Å². The van der Waals surface area contributed by atoms with Crippen LogP contribution < -0.4 is 0 Å². The van der Waals surface area contributed by atoms with Crippen molar-refractivity contribution in [1.29, 1.82) is 0 Å². The Morgan fingerprint density at radius 1 is 1.30 bits per heavy atom. The second-order valence-corrected chi connectivity index (χ2v) is 6.61. The van der Waals surface area contributed by atoms with Crippen LogP contribution in [0.3, 0.4) is 0 Å². The maximum atomic E-state index is 11.5. The van der Waals surface area contributed by atoms with E-state index in [1.54, 1.807) is 6.92 Å². The van der Waals surface area contributed by atoms with Crippen molar-refractivity contribution in [2.45, 2.75) is 37.5 Å². The van der Waals surface area contributed by atoms with Crippen molar-refractivity contribution < 1.29 is 15.0 Å². The van der Waals surface area contributed by atoms with E-state index in [2.05, 4.69) is 9.80 Å². The number of aliphatic hydroxyl groups is 2. The molecule has 0 aromatic heterocycles. The van der Waals surface area contributed by atoms with Gasteiger partial charge in [0.15, 0.2) is 0 Å². The van der Waals surface area contributed by atoms with Crippen molar-refractivity contribution in [2.24, 2.45) is 0 Å². The van der Waals surface area contributed by atoms with Crippen LogP contribution in [0.5, 0.6) is 0 Å². The van der Waals surface area contributed by atoms with Gasteiger partial charge in [-0.05, 0) is 12.8 Å². The molecule has 0 unspecified atom stereocenters. The summed E-state index contributed by atoms with van der Waals surface area (Å²) in [6.45, 7) is 6.96. The summed E-state index contributed by atoms with van der Waals surface area (Å²) in [5, 5.41) is 19.0. The Hall–Kier alpha value is -0.690. The molecule has 0 aromatic rings. The molecule has 3 aliphatic heterocycles. The molecule has 1 amide bonds. The van der Waals surface area contributed by atoms with Crippen LogP contribution in [0.2, 0.25) is 0 Å². The fourth-order valence-electron chi connectivity index (χ4n) is 4.15. The molecule has 0 bridgehead atoms. The summed E-state index contributed by atoms with van der Waals surface area (Å²) < 4.78 is 0. The molecule has 0 saturated carbocycles. The molecule has 20 heavy (non-hydrogen) atoms. The van der Waals surface area contributed by atoms with Gasteiger partial charge in [0.05, 0.1) is 11.6 Å². The van der Waals surface area contributed by atoms with E-state index in [0.29, 0.717) is 6.04 Å². The van der Waals surface area contributed by atoms with Gasteiger partial charge < -0.3 is 15.1 Å². The number of fused-ring (bicyclic) bond motifs is 2. The number of likely N-dealkylation sites (tertiary alicyclic amines) is 1. The van der Waals surface area contributed by atoms with Crippen molar-refractivity contribution >= 4 is 5.91 Å². The maximum absolute atomic E-state index is 11.5. The van der Waals surface area contributed by atoms with Gasteiger partial charge in [0, 0.05) is 58.8 Å². The Balaban J connectivity index is 1.71. The van der Waals surface area contributed by atoms with E-state index in [0.717, 1.165) is 52.1 Å². The van der Waals surface area contributed by atoms with E-state index in [1.165, 1.54) is 0 Å². The molecule has 2 N–H and O–H groups in total. The van der Waals surface area contributed by atoms with Gasteiger partial charge in [0.25, 0.3) is 0 Å². The van der Waals surface area contributed by atoms with Crippen LogP contribution in [0.4, 0.5) is 0 Å². The molecule has 6 nitrogen and oxygen atoms in total. The normalized spacial score (nSPS) is 33.2. The molecule has 6 heteroatoms. The summed E-state index contributed by atoms with van der Waals surface area (Å²) >= 11 is 0. The summed E-state index contributed by atoms with van der Waals surface area (Å²) in [7, 11) is 0. The fraction of sp³-hybridized carbons (Fsp3) is 0.929. The summed E-state index contributed by atoms with van der Waals surface area (Å²) in [5.41, 5.74) is 0.0293. The number of aliphatic hydroxyl groups excluding tert-OH is 2. The largest absolute Gasteiger partial charge is 0.396 e. The van der Waals surface area contributed by atoms with E-state index < -0.39 is 0 Å². The lowest BCUT2D eigenvalue weighted by molar-refractivity contribution is -0.154. The molecule has 0 aliphatic carbocycles. The van der Waals surface area contributed by atoms with E-state index in [4.69, 9.17) is 5.11 Å². The number of carbonyl (C=O) groups is 1. The summed E-state index contributed by atoms with van der Waals surface area (Å²) in [5.74, 6) is 0.138. The van der Waals surface area contributed by atoms with E-state index in [1.807, 2.05) is 4.90 Å². The third-order valence-corrected chi connectivity index (χ3v) is 5.04. The van der Waals surface area contributed by atoms with Crippen molar-refractivity contribution in [3.63, 3.8) is 0 Å². The maximum Gasteiger partial charge on any atom is 0.219 e. The van der Waals surface area contributed by atoms with Gasteiger partial charge in [0.1, 0.15) is 0 Å². The highest BCUT2D eigenvalue weighted by molar-refractivity contribution is 5.74. The molecule has 2 atom stereocenters. The zero-order valence-corrected chi connectivity index (χ0v) is 12.2. The lowest BCUT2D eigenvalue weighted by Gasteiger charge is -2.61. The Kier molecular flexibility index (Phi) is 3.75. The lowest BCUT2D eigenvalue weighted by atomic mass is 9.83. The van der Waals surface area contributed by atoms with Gasteiger partial charge in [-0.3, -0.25) is 14.6 Å². The van der Waals surface area contributed by atoms with Gasteiger partial charge in [-0.2, -0.15) is 0 Å². The average Bonchev–Trinajstić information content (AvgIpc) is 2.72. The SMILES string of the molecule is CC(=O)N1CC2(CN(CCCO)C[C@@H]3C[C@@H](O)CN32)C1. The molecule has 3 heterocycles. The Bertz CT molecular complexity index is 384. The second-order valence-electron chi connectivity index (χ2n) is 6.61. The number of hydrogen-bond donors (Lipinski definition) is 2. The monoisotopic (exact) mass is 283 g/mol. The number of amides is 1. The highest BCUT2D eigenvalue weighted by atomic mass is 16.3. The van der Waals surface area contributed by atoms with Crippen LogP contribution in [0, 0.1) is 0 Å². The first-order valence-corrected chi connectivity index (χ1v) is 7.57. The first kappa shape index (κ1) is 14.3.